The monoisotopic (exact) mass is 227 g/mol. The van der Waals surface area contributed by atoms with Crippen molar-refractivity contribution >= 4 is 0 Å². The van der Waals surface area contributed by atoms with Gasteiger partial charge in [-0.15, -0.1) is 0 Å². The number of nitrogens with one attached hydrogen (secondary N) is 1. The van der Waals surface area contributed by atoms with Gasteiger partial charge in [-0.2, -0.15) is 26.3 Å². The molecule has 0 aromatic rings. The lowest BCUT2D eigenvalue weighted by Crippen LogP contribution is -2.63. The van der Waals surface area contributed by atoms with Crippen LogP contribution in [0.4, 0.5) is 30.7 Å². The topological polar surface area (TPSA) is 12.0 Å². The first-order valence-electron chi connectivity index (χ1n) is 3.63. The first-order chi connectivity index (χ1) is 6.06. The predicted molar refractivity (Wildman–Crippen MR) is 34.2 cm³/mol. The fourth-order valence-electron chi connectivity index (χ4n) is 0.658. The summed E-state index contributed by atoms with van der Waals surface area (Å²) in [5.74, 6) is -5.32. The first-order valence-corrected chi connectivity index (χ1v) is 3.63. The molecule has 8 heteroatoms. The molecule has 86 valence electrons. The number of rotatable bonds is 3. The average molecular weight is 227 g/mol. The maximum Gasteiger partial charge on any atom is 0.445 e. The molecule has 1 nitrogen and oxygen atoms in total. The Morgan fingerprint density at radius 3 is 1.43 bits per heavy atom. The minimum atomic E-state index is -6.01. The van der Waals surface area contributed by atoms with Gasteiger partial charge in [-0.25, -0.2) is 4.39 Å². The second-order valence-corrected chi connectivity index (χ2v) is 2.58. The molecule has 0 aliphatic rings. The van der Waals surface area contributed by atoms with Crippen molar-refractivity contribution in [2.24, 2.45) is 0 Å². The molecule has 0 rings (SSSR count). The molecule has 0 amide bonds. The van der Waals surface area contributed by atoms with Crippen LogP contribution >= 0.6 is 0 Å². The van der Waals surface area contributed by atoms with Crippen LogP contribution in [0.3, 0.4) is 0 Å². The van der Waals surface area contributed by atoms with Crippen molar-refractivity contribution in [3.8, 4) is 0 Å². The zero-order valence-corrected chi connectivity index (χ0v) is 7.06. The maximum absolute atomic E-state index is 12.6. The van der Waals surface area contributed by atoms with Gasteiger partial charge in [0.15, 0.2) is 0 Å². The average Bonchev–Trinajstić information content (AvgIpc) is 1.95. The lowest BCUT2D eigenvalue weighted by atomic mass is 10.2. The van der Waals surface area contributed by atoms with E-state index in [-0.39, 0.29) is 6.42 Å². The van der Waals surface area contributed by atoms with E-state index in [1.807, 2.05) is 0 Å². The van der Waals surface area contributed by atoms with Gasteiger partial charge in [-0.05, 0) is 13.0 Å². The lowest BCUT2D eigenvalue weighted by molar-refractivity contribution is -0.352. The van der Waals surface area contributed by atoms with Crippen molar-refractivity contribution in [2.75, 3.05) is 6.54 Å². The minimum Gasteiger partial charge on any atom is -0.270 e. The van der Waals surface area contributed by atoms with E-state index in [4.69, 9.17) is 0 Å². The molecule has 0 heterocycles. The number of alkyl halides is 7. The number of hydrogen-bond acceptors (Lipinski definition) is 1. The normalized spacial score (nSPS) is 14.6. The molecule has 1 N–H and O–H groups in total. The van der Waals surface area contributed by atoms with E-state index in [9.17, 15) is 30.7 Å². The van der Waals surface area contributed by atoms with E-state index in [1.54, 1.807) is 0 Å². The summed E-state index contributed by atoms with van der Waals surface area (Å²) in [5.41, 5.74) is 0. The molecule has 0 aromatic heterocycles. The third-order valence-corrected chi connectivity index (χ3v) is 1.40. The molecule has 0 aromatic carbocycles. The van der Waals surface area contributed by atoms with Crippen molar-refractivity contribution < 1.29 is 30.7 Å². The van der Waals surface area contributed by atoms with E-state index in [1.165, 1.54) is 6.92 Å². The van der Waals surface area contributed by atoms with Gasteiger partial charge in [0, 0.05) is 0 Å². The first kappa shape index (κ1) is 13.5. The van der Waals surface area contributed by atoms with Crippen LogP contribution in [0.25, 0.3) is 0 Å². The highest BCUT2D eigenvalue weighted by Crippen LogP contribution is 2.43. The number of hydrogen-bond donors (Lipinski definition) is 1. The van der Waals surface area contributed by atoms with Gasteiger partial charge in [-0.1, -0.05) is 6.92 Å². The highest BCUT2D eigenvalue weighted by molar-refractivity contribution is 4.91. The van der Waals surface area contributed by atoms with Crippen molar-refractivity contribution in [2.45, 2.75) is 31.5 Å². The Bertz CT molecular complexity index is 168. The van der Waals surface area contributed by atoms with Gasteiger partial charge in [0.2, 0.25) is 0 Å². The molecule has 14 heavy (non-hydrogen) atoms. The third kappa shape index (κ3) is 2.49. The van der Waals surface area contributed by atoms with Gasteiger partial charge in [0.25, 0.3) is 0 Å². The van der Waals surface area contributed by atoms with Gasteiger partial charge in [0.1, 0.15) is 0 Å². The van der Waals surface area contributed by atoms with E-state index < -0.39 is 24.7 Å². The second-order valence-electron chi connectivity index (χ2n) is 2.58. The Balaban J connectivity index is 4.87. The summed E-state index contributed by atoms with van der Waals surface area (Å²) in [6, 6.07) is 0. The molecule has 0 aliphatic carbocycles. The zero-order chi connectivity index (χ0) is 11.6. The van der Waals surface area contributed by atoms with Crippen LogP contribution in [-0.4, -0.2) is 24.7 Å². The van der Waals surface area contributed by atoms with Crippen molar-refractivity contribution in [1.29, 1.82) is 0 Å². The molecule has 0 spiro atoms. The van der Waals surface area contributed by atoms with E-state index >= 15 is 0 Å². The van der Waals surface area contributed by atoms with E-state index in [2.05, 4.69) is 0 Å². The maximum atomic E-state index is 12.6. The molecule has 0 saturated heterocycles. The summed E-state index contributed by atoms with van der Waals surface area (Å²) in [7, 11) is 0. The summed E-state index contributed by atoms with van der Waals surface area (Å²) in [4.78, 5) is 0. The fourth-order valence-corrected chi connectivity index (χ4v) is 0.658. The van der Waals surface area contributed by atoms with Crippen LogP contribution in [-0.2, 0) is 0 Å². The van der Waals surface area contributed by atoms with Crippen molar-refractivity contribution in [3.05, 3.63) is 0 Å². The third-order valence-electron chi connectivity index (χ3n) is 1.40. The summed E-state index contributed by atoms with van der Waals surface area (Å²) < 4.78 is 83.2. The molecule has 0 fully saturated rings. The van der Waals surface area contributed by atoms with Crippen LogP contribution in [0, 0.1) is 0 Å². The smallest absolute Gasteiger partial charge is 0.270 e. The van der Waals surface area contributed by atoms with E-state index in [0.717, 1.165) is 5.32 Å². The SMILES string of the molecule is CCCNC(F)(C(F)(F)F)C(F)(F)F. The van der Waals surface area contributed by atoms with Gasteiger partial charge >= 0.3 is 18.1 Å². The van der Waals surface area contributed by atoms with Crippen molar-refractivity contribution in [1.82, 2.24) is 5.32 Å². The molecular formula is C6H8F7N. The van der Waals surface area contributed by atoms with Crippen LogP contribution in [0.2, 0.25) is 0 Å². The fraction of sp³-hybridized carbons (Fsp3) is 1.00. The predicted octanol–water partition coefficient (Wildman–Crippen LogP) is 2.78. The number of halogens is 7. The Morgan fingerprint density at radius 2 is 1.21 bits per heavy atom. The highest BCUT2D eigenvalue weighted by atomic mass is 19.4. The Hall–Kier alpha value is -0.530. The Kier molecular flexibility index (Phi) is 3.77. The quantitative estimate of drug-likeness (QED) is 0.577. The van der Waals surface area contributed by atoms with Crippen LogP contribution in [0.5, 0.6) is 0 Å². The Morgan fingerprint density at radius 1 is 0.857 bits per heavy atom. The molecule has 0 saturated carbocycles. The summed E-state index contributed by atoms with van der Waals surface area (Å²) >= 11 is 0. The zero-order valence-electron chi connectivity index (χ0n) is 7.06. The van der Waals surface area contributed by atoms with Gasteiger partial charge in [0.05, 0.1) is 0 Å². The summed E-state index contributed by atoms with van der Waals surface area (Å²) in [6.07, 6.45) is -12.1. The summed E-state index contributed by atoms with van der Waals surface area (Å²) in [5, 5.41) is 0.809. The van der Waals surface area contributed by atoms with Crippen LogP contribution < -0.4 is 5.32 Å². The van der Waals surface area contributed by atoms with Gasteiger partial charge in [-0.3, -0.25) is 5.32 Å². The minimum absolute atomic E-state index is 0.0438. The molecule has 0 bridgehead atoms. The van der Waals surface area contributed by atoms with Crippen LogP contribution in [0.15, 0.2) is 0 Å². The highest BCUT2D eigenvalue weighted by Gasteiger charge is 2.72. The standard InChI is InChI=1S/C6H8F7N/c1-2-3-14-4(7,5(8,9)10)6(11,12)13/h14H,2-3H2,1H3. The van der Waals surface area contributed by atoms with Crippen molar-refractivity contribution in [3.63, 3.8) is 0 Å². The van der Waals surface area contributed by atoms with Crippen LogP contribution in [0.1, 0.15) is 13.3 Å². The Labute approximate surface area is 75.3 Å². The van der Waals surface area contributed by atoms with Gasteiger partial charge < -0.3 is 0 Å². The molecule has 0 unspecified atom stereocenters. The molecular weight excluding hydrogens is 219 g/mol. The largest absolute Gasteiger partial charge is 0.445 e. The molecule has 0 aliphatic heterocycles. The molecule has 0 radical (unpaired) electrons. The lowest BCUT2D eigenvalue weighted by Gasteiger charge is -2.30. The second kappa shape index (κ2) is 3.92. The van der Waals surface area contributed by atoms with E-state index in [0.29, 0.717) is 0 Å². The molecule has 0 atom stereocenters. The summed E-state index contributed by atoms with van der Waals surface area (Å²) in [6.45, 7) is 0.607.